The summed E-state index contributed by atoms with van der Waals surface area (Å²) in [6.45, 7) is -0.0691. The number of anilines is 2. The van der Waals surface area contributed by atoms with E-state index in [4.69, 9.17) is 17.3 Å². The summed E-state index contributed by atoms with van der Waals surface area (Å²) in [7, 11) is 0. The molecular formula is C13H12ClN3O2. The van der Waals surface area contributed by atoms with Crippen molar-refractivity contribution in [2.45, 2.75) is 6.54 Å². The van der Waals surface area contributed by atoms with E-state index in [1.807, 2.05) is 0 Å². The number of carbonyl (C=O) groups excluding carboxylic acids is 1. The molecule has 5 nitrogen and oxygen atoms in total. The lowest BCUT2D eigenvalue weighted by Gasteiger charge is -2.09. The molecule has 98 valence electrons. The van der Waals surface area contributed by atoms with Gasteiger partial charge in [-0.25, -0.2) is 0 Å². The summed E-state index contributed by atoms with van der Waals surface area (Å²) >= 11 is 5.94. The normalized spacial score (nSPS) is 10.2. The molecule has 0 fully saturated rings. The Labute approximate surface area is 114 Å². The molecule has 1 aromatic heterocycles. The third-order valence-electron chi connectivity index (χ3n) is 2.48. The number of aromatic nitrogens is 1. The molecule has 0 radical (unpaired) electrons. The van der Waals surface area contributed by atoms with Gasteiger partial charge in [0.2, 0.25) is 5.91 Å². The maximum Gasteiger partial charge on any atom is 0.250 e. The molecule has 1 aromatic carbocycles. The molecule has 1 amide bonds. The lowest BCUT2D eigenvalue weighted by Crippen LogP contribution is -2.26. The predicted molar refractivity (Wildman–Crippen MR) is 75.2 cm³/mol. The number of hydrogen-bond donors (Lipinski definition) is 2. The second kappa shape index (κ2) is 5.58. The van der Waals surface area contributed by atoms with Crippen molar-refractivity contribution in [2.24, 2.45) is 0 Å². The molecule has 0 saturated heterocycles. The molecule has 0 atom stereocenters. The Morgan fingerprint density at radius 3 is 2.79 bits per heavy atom. The van der Waals surface area contributed by atoms with E-state index in [0.717, 1.165) is 0 Å². The molecule has 2 aromatic rings. The highest BCUT2D eigenvalue weighted by molar-refractivity contribution is 6.34. The van der Waals surface area contributed by atoms with Crippen LogP contribution in [-0.4, -0.2) is 10.5 Å². The van der Waals surface area contributed by atoms with E-state index in [1.165, 1.54) is 10.6 Å². The number of rotatable bonds is 3. The first-order valence-corrected chi connectivity index (χ1v) is 5.94. The third-order valence-corrected chi connectivity index (χ3v) is 2.79. The molecule has 6 heteroatoms. The summed E-state index contributed by atoms with van der Waals surface area (Å²) in [5.41, 5.74) is 6.30. The van der Waals surface area contributed by atoms with Crippen molar-refractivity contribution < 1.29 is 4.79 Å². The zero-order valence-corrected chi connectivity index (χ0v) is 10.7. The standard InChI is InChI=1S/C13H12ClN3O2/c14-10-7-9(15)4-5-11(10)16-12(18)8-17-6-2-1-3-13(17)19/h1-7H,8,15H2,(H,16,18). The zero-order valence-electron chi connectivity index (χ0n) is 9.97. The van der Waals surface area contributed by atoms with Crippen molar-refractivity contribution in [3.8, 4) is 0 Å². The molecule has 2 rings (SSSR count). The summed E-state index contributed by atoms with van der Waals surface area (Å²) in [4.78, 5) is 23.3. The fraction of sp³-hybridized carbons (Fsp3) is 0.0769. The number of carbonyl (C=O) groups is 1. The average molecular weight is 278 g/mol. The van der Waals surface area contributed by atoms with E-state index >= 15 is 0 Å². The summed E-state index contributed by atoms with van der Waals surface area (Å²) in [6, 6.07) is 9.49. The SMILES string of the molecule is Nc1ccc(NC(=O)Cn2ccccc2=O)c(Cl)c1. The summed E-state index contributed by atoms with van der Waals surface area (Å²) in [5.74, 6) is -0.333. The summed E-state index contributed by atoms with van der Waals surface area (Å²) in [5, 5.41) is 2.98. The van der Waals surface area contributed by atoms with Crippen LogP contribution in [0.15, 0.2) is 47.4 Å². The fourth-order valence-electron chi connectivity index (χ4n) is 1.57. The number of nitrogen functional groups attached to an aromatic ring is 1. The van der Waals surface area contributed by atoms with Crippen LogP contribution in [0.4, 0.5) is 11.4 Å². The van der Waals surface area contributed by atoms with Crippen LogP contribution < -0.4 is 16.6 Å². The van der Waals surface area contributed by atoms with E-state index in [9.17, 15) is 9.59 Å². The van der Waals surface area contributed by atoms with Crippen LogP contribution in [0.25, 0.3) is 0 Å². The Morgan fingerprint density at radius 1 is 1.32 bits per heavy atom. The van der Waals surface area contributed by atoms with Crippen LogP contribution in [0.3, 0.4) is 0 Å². The van der Waals surface area contributed by atoms with Crippen LogP contribution in [0.5, 0.6) is 0 Å². The van der Waals surface area contributed by atoms with Crippen LogP contribution in [0.2, 0.25) is 5.02 Å². The first-order valence-electron chi connectivity index (χ1n) is 5.56. The predicted octanol–water partition coefficient (Wildman–Crippen LogP) is 1.72. The van der Waals surface area contributed by atoms with Gasteiger partial charge in [-0.05, 0) is 24.3 Å². The number of halogens is 1. The van der Waals surface area contributed by atoms with Gasteiger partial charge in [0, 0.05) is 18.0 Å². The van der Waals surface area contributed by atoms with Crippen molar-refractivity contribution in [3.05, 3.63) is 58.0 Å². The minimum atomic E-state index is -0.333. The van der Waals surface area contributed by atoms with Crippen LogP contribution in [0, 0.1) is 0 Å². The van der Waals surface area contributed by atoms with Gasteiger partial charge in [0.15, 0.2) is 0 Å². The van der Waals surface area contributed by atoms with Crippen LogP contribution in [-0.2, 0) is 11.3 Å². The highest BCUT2D eigenvalue weighted by atomic mass is 35.5. The lowest BCUT2D eigenvalue weighted by molar-refractivity contribution is -0.116. The molecule has 0 aliphatic carbocycles. The summed E-state index contributed by atoms with van der Waals surface area (Å²) < 4.78 is 1.31. The Balaban J connectivity index is 2.10. The minimum Gasteiger partial charge on any atom is -0.399 e. The van der Waals surface area contributed by atoms with Crippen molar-refractivity contribution in [1.29, 1.82) is 0 Å². The maximum absolute atomic E-state index is 11.8. The smallest absolute Gasteiger partial charge is 0.250 e. The third kappa shape index (κ3) is 3.35. The van der Waals surface area contributed by atoms with Crippen LogP contribution in [0.1, 0.15) is 0 Å². The summed E-state index contributed by atoms with van der Waals surface area (Å²) in [6.07, 6.45) is 1.55. The van der Waals surface area contributed by atoms with Gasteiger partial charge < -0.3 is 15.6 Å². The van der Waals surface area contributed by atoms with Gasteiger partial charge in [0.25, 0.3) is 5.56 Å². The number of amides is 1. The van der Waals surface area contributed by atoms with Gasteiger partial charge in [-0.3, -0.25) is 9.59 Å². The maximum atomic E-state index is 11.8. The van der Waals surface area contributed by atoms with Crippen molar-refractivity contribution >= 4 is 28.9 Å². The number of pyridine rings is 1. The van der Waals surface area contributed by atoms with Crippen molar-refractivity contribution in [3.63, 3.8) is 0 Å². The number of nitrogens with zero attached hydrogens (tertiary/aromatic N) is 1. The Morgan fingerprint density at radius 2 is 2.11 bits per heavy atom. The molecule has 0 spiro atoms. The van der Waals surface area contributed by atoms with Crippen molar-refractivity contribution in [2.75, 3.05) is 11.1 Å². The van der Waals surface area contributed by atoms with Gasteiger partial charge >= 0.3 is 0 Å². The van der Waals surface area contributed by atoms with Gasteiger partial charge in [0.1, 0.15) is 6.54 Å². The van der Waals surface area contributed by atoms with Gasteiger partial charge in [-0.1, -0.05) is 17.7 Å². The van der Waals surface area contributed by atoms with Gasteiger partial charge in [-0.15, -0.1) is 0 Å². The number of benzene rings is 1. The molecule has 19 heavy (non-hydrogen) atoms. The fourth-order valence-corrected chi connectivity index (χ4v) is 1.80. The van der Waals surface area contributed by atoms with E-state index in [2.05, 4.69) is 5.32 Å². The number of nitrogens with one attached hydrogen (secondary N) is 1. The Hall–Kier alpha value is -2.27. The largest absolute Gasteiger partial charge is 0.399 e. The van der Waals surface area contributed by atoms with E-state index in [1.54, 1.807) is 36.5 Å². The highest BCUT2D eigenvalue weighted by Gasteiger charge is 2.07. The van der Waals surface area contributed by atoms with E-state index < -0.39 is 0 Å². The number of hydrogen-bond acceptors (Lipinski definition) is 3. The molecule has 1 heterocycles. The number of nitrogens with two attached hydrogens (primary N) is 1. The molecular weight excluding hydrogens is 266 g/mol. The lowest BCUT2D eigenvalue weighted by atomic mass is 10.3. The molecule has 0 aliphatic heterocycles. The monoisotopic (exact) mass is 277 g/mol. The quantitative estimate of drug-likeness (QED) is 0.839. The first kappa shape index (κ1) is 13.2. The second-order valence-corrected chi connectivity index (χ2v) is 4.36. The topological polar surface area (TPSA) is 77.1 Å². The van der Waals surface area contributed by atoms with Crippen molar-refractivity contribution in [1.82, 2.24) is 4.57 Å². The second-order valence-electron chi connectivity index (χ2n) is 3.95. The van der Waals surface area contributed by atoms with Crippen LogP contribution >= 0.6 is 11.6 Å². The minimum absolute atomic E-state index is 0.0691. The Bertz CT molecular complexity index is 667. The molecule has 0 unspecified atom stereocenters. The molecule has 3 N–H and O–H groups in total. The van der Waals surface area contributed by atoms with E-state index in [-0.39, 0.29) is 18.0 Å². The zero-order chi connectivity index (χ0) is 13.8. The highest BCUT2D eigenvalue weighted by Crippen LogP contribution is 2.23. The average Bonchev–Trinajstić information content (AvgIpc) is 2.36. The van der Waals surface area contributed by atoms with E-state index in [0.29, 0.717) is 16.4 Å². The van der Waals surface area contributed by atoms with Gasteiger partial charge in [-0.2, -0.15) is 0 Å². The molecule has 0 bridgehead atoms. The molecule has 0 aliphatic rings. The first-order chi connectivity index (χ1) is 9.06. The molecule has 0 saturated carbocycles. The Kier molecular flexibility index (Phi) is 3.87. The van der Waals surface area contributed by atoms with Gasteiger partial charge in [0.05, 0.1) is 10.7 Å².